The zero-order valence-corrected chi connectivity index (χ0v) is 9.82. The third-order valence-electron chi connectivity index (χ3n) is 3.75. The summed E-state index contributed by atoms with van der Waals surface area (Å²) in [6.45, 7) is 1.76. The zero-order chi connectivity index (χ0) is 11.4. The summed E-state index contributed by atoms with van der Waals surface area (Å²) in [5, 5.41) is 12.2. The second kappa shape index (κ2) is 5.53. The van der Waals surface area contributed by atoms with Crippen LogP contribution in [0, 0.1) is 5.92 Å². The minimum Gasteiger partial charge on any atom is -0.396 e. The van der Waals surface area contributed by atoms with Gasteiger partial charge >= 0.3 is 6.03 Å². The minimum atomic E-state index is 0.0741. The van der Waals surface area contributed by atoms with Gasteiger partial charge < -0.3 is 15.3 Å². The molecule has 2 amide bonds. The first-order valence-electron chi connectivity index (χ1n) is 6.46. The normalized spacial score (nSPS) is 27.1. The van der Waals surface area contributed by atoms with Crippen LogP contribution in [0.1, 0.15) is 38.5 Å². The summed E-state index contributed by atoms with van der Waals surface area (Å²) in [4.78, 5) is 13.8. The fourth-order valence-corrected chi connectivity index (χ4v) is 2.73. The highest BCUT2D eigenvalue weighted by Crippen LogP contribution is 2.19. The lowest BCUT2D eigenvalue weighted by molar-refractivity contribution is 0.128. The molecule has 0 aromatic rings. The number of nitrogens with zero attached hydrogens (tertiary/aromatic N) is 1. The highest BCUT2D eigenvalue weighted by molar-refractivity contribution is 5.74. The molecule has 16 heavy (non-hydrogen) atoms. The van der Waals surface area contributed by atoms with Crippen molar-refractivity contribution in [1.29, 1.82) is 0 Å². The molecule has 1 saturated carbocycles. The highest BCUT2D eigenvalue weighted by Gasteiger charge is 2.25. The number of urea groups is 1. The molecule has 2 aliphatic rings. The van der Waals surface area contributed by atoms with Crippen LogP contribution in [0.25, 0.3) is 0 Å². The summed E-state index contributed by atoms with van der Waals surface area (Å²) < 4.78 is 0. The third kappa shape index (κ3) is 2.88. The SMILES string of the molecule is O=C(NC1CCCC1)N1CCCC(CO)C1. The van der Waals surface area contributed by atoms with Crippen molar-refractivity contribution >= 4 is 6.03 Å². The molecule has 1 unspecified atom stereocenters. The first kappa shape index (κ1) is 11.7. The van der Waals surface area contributed by atoms with Crippen LogP contribution < -0.4 is 5.32 Å². The van der Waals surface area contributed by atoms with Gasteiger partial charge in [-0.25, -0.2) is 4.79 Å². The van der Waals surface area contributed by atoms with Crippen molar-refractivity contribution in [2.24, 2.45) is 5.92 Å². The number of carbonyl (C=O) groups excluding carboxylic acids is 1. The fraction of sp³-hybridized carbons (Fsp3) is 0.917. The molecular weight excluding hydrogens is 204 g/mol. The Morgan fingerprint density at radius 3 is 2.69 bits per heavy atom. The maximum Gasteiger partial charge on any atom is 0.317 e. The van der Waals surface area contributed by atoms with Crippen molar-refractivity contribution in [1.82, 2.24) is 10.2 Å². The van der Waals surface area contributed by atoms with E-state index < -0.39 is 0 Å². The van der Waals surface area contributed by atoms with E-state index in [9.17, 15) is 4.79 Å². The van der Waals surface area contributed by atoms with Gasteiger partial charge in [-0.2, -0.15) is 0 Å². The van der Waals surface area contributed by atoms with Gasteiger partial charge in [0.05, 0.1) is 0 Å². The number of aliphatic hydroxyl groups excluding tert-OH is 1. The monoisotopic (exact) mass is 226 g/mol. The summed E-state index contributed by atoms with van der Waals surface area (Å²) in [7, 11) is 0. The Morgan fingerprint density at radius 1 is 1.25 bits per heavy atom. The van der Waals surface area contributed by atoms with Crippen LogP contribution in [0.15, 0.2) is 0 Å². The van der Waals surface area contributed by atoms with E-state index in [-0.39, 0.29) is 18.6 Å². The van der Waals surface area contributed by atoms with Gasteiger partial charge in [0.25, 0.3) is 0 Å². The average molecular weight is 226 g/mol. The molecule has 0 aromatic heterocycles. The number of aliphatic hydroxyl groups is 1. The Morgan fingerprint density at radius 2 is 2.00 bits per heavy atom. The summed E-state index contributed by atoms with van der Waals surface area (Å²) >= 11 is 0. The second-order valence-corrected chi connectivity index (χ2v) is 5.07. The molecular formula is C12H22N2O2. The van der Waals surface area contributed by atoms with Crippen molar-refractivity contribution in [2.45, 2.75) is 44.6 Å². The lowest BCUT2D eigenvalue weighted by atomic mass is 9.99. The van der Waals surface area contributed by atoms with Crippen molar-refractivity contribution in [3.05, 3.63) is 0 Å². The molecule has 1 aliphatic heterocycles. The highest BCUT2D eigenvalue weighted by atomic mass is 16.3. The Kier molecular flexibility index (Phi) is 4.04. The van der Waals surface area contributed by atoms with Gasteiger partial charge in [0.15, 0.2) is 0 Å². The number of nitrogens with one attached hydrogen (secondary N) is 1. The van der Waals surface area contributed by atoms with Gasteiger partial charge in [-0.15, -0.1) is 0 Å². The van der Waals surface area contributed by atoms with Gasteiger partial charge in [-0.3, -0.25) is 0 Å². The van der Waals surface area contributed by atoms with Crippen molar-refractivity contribution < 1.29 is 9.90 Å². The molecule has 2 N–H and O–H groups in total. The van der Waals surface area contributed by atoms with Crippen LogP contribution in [-0.2, 0) is 0 Å². The van der Waals surface area contributed by atoms with Crippen molar-refractivity contribution in [3.8, 4) is 0 Å². The van der Waals surface area contributed by atoms with E-state index in [1.165, 1.54) is 12.8 Å². The zero-order valence-electron chi connectivity index (χ0n) is 9.82. The number of carbonyl (C=O) groups is 1. The maximum atomic E-state index is 11.9. The number of likely N-dealkylation sites (tertiary alicyclic amines) is 1. The molecule has 1 saturated heterocycles. The van der Waals surface area contributed by atoms with Gasteiger partial charge in [0.2, 0.25) is 0 Å². The largest absolute Gasteiger partial charge is 0.396 e. The first-order chi connectivity index (χ1) is 7.79. The number of rotatable bonds is 2. The third-order valence-corrected chi connectivity index (χ3v) is 3.75. The van der Waals surface area contributed by atoms with Crippen molar-refractivity contribution in [3.63, 3.8) is 0 Å². The summed E-state index contributed by atoms with van der Waals surface area (Å²) in [6, 6.07) is 0.465. The molecule has 2 rings (SSSR count). The number of hydrogen-bond acceptors (Lipinski definition) is 2. The summed E-state index contributed by atoms with van der Waals surface area (Å²) in [5.74, 6) is 0.281. The van der Waals surface area contributed by atoms with Crippen molar-refractivity contribution in [2.75, 3.05) is 19.7 Å². The lowest BCUT2D eigenvalue weighted by Gasteiger charge is -2.32. The van der Waals surface area contributed by atoms with Crippen LogP contribution in [0.2, 0.25) is 0 Å². The predicted octanol–water partition coefficient (Wildman–Crippen LogP) is 1.34. The summed E-state index contributed by atoms with van der Waals surface area (Å²) in [5.41, 5.74) is 0. The van der Waals surface area contributed by atoms with E-state index >= 15 is 0 Å². The Labute approximate surface area is 97.0 Å². The van der Waals surface area contributed by atoms with E-state index in [2.05, 4.69) is 5.32 Å². The van der Waals surface area contributed by atoms with E-state index in [0.29, 0.717) is 6.04 Å². The maximum absolute atomic E-state index is 11.9. The standard InChI is InChI=1S/C12H22N2O2/c15-9-10-4-3-7-14(8-10)12(16)13-11-5-1-2-6-11/h10-11,15H,1-9H2,(H,13,16). The smallest absolute Gasteiger partial charge is 0.317 e. The Hall–Kier alpha value is -0.770. The van der Waals surface area contributed by atoms with Crippen LogP contribution in [0.4, 0.5) is 4.79 Å². The number of hydrogen-bond donors (Lipinski definition) is 2. The van der Waals surface area contributed by atoms with E-state index in [1.807, 2.05) is 4.90 Å². The van der Waals surface area contributed by atoms with Gasteiger partial charge in [-0.1, -0.05) is 12.8 Å². The van der Waals surface area contributed by atoms with Crippen LogP contribution in [-0.4, -0.2) is 41.8 Å². The Balaban J connectivity index is 1.79. The van der Waals surface area contributed by atoms with Gasteiger partial charge in [-0.05, 0) is 31.6 Å². The molecule has 0 aromatic carbocycles. The quantitative estimate of drug-likeness (QED) is 0.746. The molecule has 0 spiro atoms. The number of piperidine rings is 1. The molecule has 1 heterocycles. The Bertz CT molecular complexity index is 239. The fourth-order valence-electron chi connectivity index (χ4n) is 2.73. The van der Waals surface area contributed by atoms with E-state index in [1.54, 1.807) is 0 Å². The average Bonchev–Trinajstić information content (AvgIpc) is 2.82. The lowest BCUT2D eigenvalue weighted by Crippen LogP contribution is -2.48. The topological polar surface area (TPSA) is 52.6 Å². The van der Waals surface area contributed by atoms with E-state index in [0.717, 1.165) is 38.8 Å². The molecule has 2 fully saturated rings. The molecule has 4 heteroatoms. The molecule has 1 atom stereocenters. The first-order valence-corrected chi connectivity index (χ1v) is 6.46. The minimum absolute atomic E-state index is 0.0741. The van der Waals surface area contributed by atoms with Gasteiger partial charge in [0.1, 0.15) is 0 Å². The molecule has 1 aliphatic carbocycles. The summed E-state index contributed by atoms with van der Waals surface area (Å²) in [6.07, 6.45) is 6.80. The van der Waals surface area contributed by atoms with Crippen LogP contribution >= 0.6 is 0 Å². The van der Waals surface area contributed by atoms with Crippen LogP contribution in [0.3, 0.4) is 0 Å². The number of amides is 2. The van der Waals surface area contributed by atoms with Crippen LogP contribution in [0.5, 0.6) is 0 Å². The molecule has 4 nitrogen and oxygen atoms in total. The second-order valence-electron chi connectivity index (χ2n) is 5.07. The van der Waals surface area contributed by atoms with Gasteiger partial charge in [0, 0.05) is 25.7 Å². The predicted molar refractivity (Wildman–Crippen MR) is 62.2 cm³/mol. The molecule has 0 bridgehead atoms. The molecule has 92 valence electrons. The molecule has 0 radical (unpaired) electrons. The van der Waals surface area contributed by atoms with E-state index in [4.69, 9.17) is 5.11 Å².